The molecule has 28 heavy (non-hydrogen) atoms. The third kappa shape index (κ3) is 3.52. The van der Waals surface area contributed by atoms with Crippen LogP contribution in [0.5, 0.6) is 0 Å². The summed E-state index contributed by atoms with van der Waals surface area (Å²) in [5.41, 5.74) is 4.07. The van der Waals surface area contributed by atoms with Crippen LogP contribution in [0.15, 0.2) is 47.4 Å². The van der Waals surface area contributed by atoms with E-state index in [4.69, 9.17) is 4.98 Å². The van der Waals surface area contributed by atoms with E-state index in [1.54, 1.807) is 0 Å². The number of fused-ring (bicyclic) bond motifs is 1. The van der Waals surface area contributed by atoms with E-state index in [9.17, 15) is 9.18 Å². The Kier molecular flexibility index (Phi) is 4.36. The lowest BCUT2D eigenvalue weighted by molar-refractivity contribution is 0.236. The molecule has 3 aromatic rings. The topological polar surface area (TPSA) is 53.9 Å². The molecule has 2 aromatic heterocycles. The Morgan fingerprint density at radius 1 is 1.14 bits per heavy atom. The molecular formula is C22H23FN4O. The molecule has 0 amide bonds. The Labute approximate surface area is 162 Å². The van der Waals surface area contributed by atoms with E-state index in [0.29, 0.717) is 19.0 Å². The van der Waals surface area contributed by atoms with Gasteiger partial charge in [0.25, 0.3) is 5.56 Å². The van der Waals surface area contributed by atoms with Crippen LogP contribution in [-0.4, -0.2) is 26.0 Å². The predicted octanol–water partition coefficient (Wildman–Crippen LogP) is 3.19. The maximum atomic E-state index is 13.1. The van der Waals surface area contributed by atoms with Crippen LogP contribution >= 0.6 is 0 Å². The second-order valence-corrected chi connectivity index (χ2v) is 7.87. The minimum absolute atomic E-state index is 0.0262. The minimum atomic E-state index is -0.216. The van der Waals surface area contributed by atoms with Crippen LogP contribution in [0.25, 0.3) is 0 Å². The Bertz CT molecular complexity index is 1050. The number of halogens is 1. The first-order chi connectivity index (χ1) is 13.7. The molecule has 5 rings (SSSR count). The van der Waals surface area contributed by atoms with E-state index in [2.05, 4.69) is 20.5 Å². The molecule has 0 atom stereocenters. The SMILES string of the molecule is O=c1[nH]c(C2CC2)nc2c1CN(Cc1cccn1Cc1ccc(F)cc1)CC2. The van der Waals surface area contributed by atoms with Gasteiger partial charge in [0, 0.05) is 50.4 Å². The average Bonchev–Trinajstić information content (AvgIpc) is 3.46. The van der Waals surface area contributed by atoms with Crippen LogP contribution in [-0.2, 0) is 26.1 Å². The average molecular weight is 378 g/mol. The summed E-state index contributed by atoms with van der Waals surface area (Å²) in [5.74, 6) is 1.13. The lowest BCUT2D eigenvalue weighted by Gasteiger charge is -2.28. The first-order valence-corrected chi connectivity index (χ1v) is 9.88. The summed E-state index contributed by atoms with van der Waals surface area (Å²) in [7, 11) is 0. The fourth-order valence-electron chi connectivity index (χ4n) is 3.95. The van der Waals surface area contributed by atoms with Gasteiger partial charge in [0.05, 0.1) is 11.3 Å². The number of nitrogens with zero attached hydrogens (tertiary/aromatic N) is 3. The number of benzene rings is 1. The van der Waals surface area contributed by atoms with Crippen LogP contribution in [0.1, 0.15) is 47.1 Å². The second-order valence-electron chi connectivity index (χ2n) is 7.87. The highest BCUT2D eigenvalue weighted by Gasteiger charge is 2.29. The Morgan fingerprint density at radius 3 is 2.75 bits per heavy atom. The Morgan fingerprint density at radius 2 is 1.96 bits per heavy atom. The molecule has 1 saturated carbocycles. The molecule has 2 aliphatic rings. The van der Waals surface area contributed by atoms with Gasteiger partial charge in [0.15, 0.2) is 0 Å². The van der Waals surface area contributed by atoms with Crippen LogP contribution in [0.4, 0.5) is 4.39 Å². The zero-order chi connectivity index (χ0) is 19.1. The van der Waals surface area contributed by atoms with Crippen molar-refractivity contribution in [2.24, 2.45) is 0 Å². The first-order valence-electron chi connectivity index (χ1n) is 9.88. The molecule has 1 N–H and O–H groups in total. The monoisotopic (exact) mass is 378 g/mol. The summed E-state index contributed by atoms with van der Waals surface area (Å²) in [6.45, 7) is 3.01. The summed E-state index contributed by atoms with van der Waals surface area (Å²) >= 11 is 0. The molecule has 3 heterocycles. The zero-order valence-corrected chi connectivity index (χ0v) is 15.7. The van der Waals surface area contributed by atoms with Crippen molar-refractivity contribution >= 4 is 0 Å². The van der Waals surface area contributed by atoms with Gasteiger partial charge in [-0.15, -0.1) is 0 Å². The normalized spacial score (nSPS) is 16.9. The number of rotatable bonds is 5. The van der Waals surface area contributed by atoms with Crippen molar-refractivity contribution in [3.63, 3.8) is 0 Å². The van der Waals surface area contributed by atoms with E-state index < -0.39 is 0 Å². The summed E-state index contributed by atoms with van der Waals surface area (Å²) < 4.78 is 15.3. The summed E-state index contributed by atoms with van der Waals surface area (Å²) in [6, 6.07) is 10.8. The van der Waals surface area contributed by atoms with Crippen molar-refractivity contribution in [1.82, 2.24) is 19.4 Å². The van der Waals surface area contributed by atoms with Crippen LogP contribution in [0.2, 0.25) is 0 Å². The minimum Gasteiger partial charge on any atom is -0.346 e. The van der Waals surface area contributed by atoms with Crippen molar-refractivity contribution in [1.29, 1.82) is 0 Å². The Hall–Kier alpha value is -2.73. The molecule has 0 bridgehead atoms. The highest BCUT2D eigenvalue weighted by molar-refractivity contribution is 5.24. The molecule has 0 radical (unpaired) electrons. The summed E-state index contributed by atoms with van der Waals surface area (Å²) in [4.78, 5) is 22.6. The maximum absolute atomic E-state index is 13.1. The van der Waals surface area contributed by atoms with Crippen molar-refractivity contribution in [3.05, 3.63) is 87.1 Å². The third-order valence-electron chi connectivity index (χ3n) is 5.71. The lowest BCUT2D eigenvalue weighted by atomic mass is 10.1. The van der Waals surface area contributed by atoms with Gasteiger partial charge in [-0.3, -0.25) is 9.69 Å². The van der Waals surface area contributed by atoms with Crippen LogP contribution < -0.4 is 5.56 Å². The van der Waals surface area contributed by atoms with Gasteiger partial charge < -0.3 is 9.55 Å². The fraction of sp³-hybridized carbons (Fsp3) is 0.364. The number of aromatic amines is 1. The van der Waals surface area contributed by atoms with Gasteiger partial charge in [0.2, 0.25) is 0 Å². The smallest absolute Gasteiger partial charge is 0.255 e. The Balaban J connectivity index is 1.31. The van der Waals surface area contributed by atoms with Gasteiger partial charge in [-0.25, -0.2) is 9.37 Å². The largest absolute Gasteiger partial charge is 0.346 e. The third-order valence-corrected chi connectivity index (χ3v) is 5.71. The van der Waals surface area contributed by atoms with E-state index in [0.717, 1.165) is 55.0 Å². The molecule has 1 aromatic carbocycles. The van der Waals surface area contributed by atoms with E-state index >= 15 is 0 Å². The van der Waals surface area contributed by atoms with Gasteiger partial charge in [-0.05, 0) is 42.7 Å². The van der Waals surface area contributed by atoms with Gasteiger partial charge in [-0.2, -0.15) is 0 Å². The number of hydrogen-bond acceptors (Lipinski definition) is 3. The lowest BCUT2D eigenvalue weighted by Crippen LogP contribution is -2.36. The fourth-order valence-corrected chi connectivity index (χ4v) is 3.95. The van der Waals surface area contributed by atoms with Crippen LogP contribution in [0, 0.1) is 5.82 Å². The predicted molar refractivity (Wildman–Crippen MR) is 105 cm³/mol. The number of H-pyrrole nitrogens is 1. The molecular weight excluding hydrogens is 355 g/mol. The first kappa shape index (κ1) is 17.4. The zero-order valence-electron chi connectivity index (χ0n) is 15.7. The number of nitrogens with one attached hydrogen (secondary N) is 1. The molecule has 1 fully saturated rings. The van der Waals surface area contributed by atoms with Gasteiger partial charge in [-0.1, -0.05) is 12.1 Å². The number of aromatic nitrogens is 3. The van der Waals surface area contributed by atoms with Gasteiger partial charge in [0.1, 0.15) is 11.6 Å². The van der Waals surface area contributed by atoms with Crippen molar-refractivity contribution in [2.45, 2.75) is 44.8 Å². The van der Waals surface area contributed by atoms with Gasteiger partial charge >= 0.3 is 0 Å². The summed E-state index contributed by atoms with van der Waals surface area (Å²) in [6.07, 6.45) is 5.14. The molecule has 0 spiro atoms. The van der Waals surface area contributed by atoms with E-state index in [-0.39, 0.29) is 11.4 Å². The standard InChI is InChI=1S/C22H23FN4O/c23-17-7-3-15(4-8-17)12-27-10-1-2-18(27)13-26-11-9-20-19(14-26)22(28)25-21(24-20)16-5-6-16/h1-4,7-8,10,16H,5-6,9,11-14H2,(H,24,25,28). The molecule has 144 valence electrons. The molecule has 1 aliphatic heterocycles. The molecule has 6 heteroatoms. The van der Waals surface area contributed by atoms with E-state index in [1.165, 1.54) is 17.8 Å². The van der Waals surface area contributed by atoms with E-state index in [1.807, 2.05) is 24.4 Å². The van der Waals surface area contributed by atoms with Crippen molar-refractivity contribution < 1.29 is 4.39 Å². The highest BCUT2D eigenvalue weighted by atomic mass is 19.1. The molecule has 5 nitrogen and oxygen atoms in total. The van der Waals surface area contributed by atoms with Crippen molar-refractivity contribution in [2.75, 3.05) is 6.54 Å². The quantitative estimate of drug-likeness (QED) is 0.742. The van der Waals surface area contributed by atoms with Crippen molar-refractivity contribution in [3.8, 4) is 0 Å². The van der Waals surface area contributed by atoms with Crippen LogP contribution in [0.3, 0.4) is 0 Å². The number of hydrogen-bond donors (Lipinski definition) is 1. The maximum Gasteiger partial charge on any atom is 0.255 e. The summed E-state index contributed by atoms with van der Waals surface area (Å²) in [5, 5.41) is 0. The molecule has 1 aliphatic carbocycles. The second kappa shape index (κ2) is 7.02. The molecule has 0 unspecified atom stereocenters. The molecule has 0 saturated heterocycles. The highest BCUT2D eigenvalue weighted by Crippen LogP contribution is 2.37.